The second-order valence-corrected chi connectivity index (χ2v) is 8.80. The van der Waals surface area contributed by atoms with Crippen LogP contribution in [-0.2, 0) is 0 Å². The Balaban J connectivity index is 0.000000753. The Morgan fingerprint density at radius 3 is 2.48 bits per heavy atom. The van der Waals surface area contributed by atoms with Gasteiger partial charge < -0.3 is 5.11 Å². The van der Waals surface area contributed by atoms with Crippen molar-refractivity contribution < 1.29 is 5.11 Å². The predicted molar refractivity (Wildman–Crippen MR) is 98.1 cm³/mol. The van der Waals surface area contributed by atoms with Gasteiger partial charge in [0.1, 0.15) is 0 Å². The second-order valence-electron chi connectivity index (χ2n) is 8.80. The number of allylic oxidation sites excluding steroid dienone is 3. The van der Waals surface area contributed by atoms with E-state index in [4.69, 9.17) is 0 Å². The van der Waals surface area contributed by atoms with E-state index in [2.05, 4.69) is 39.7 Å². The summed E-state index contributed by atoms with van der Waals surface area (Å²) in [5.74, 6) is 2.48. The molecule has 0 spiro atoms. The van der Waals surface area contributed by atoms with Crippen LogP contribution in [0.1, 0.15) is 65.2 Å². The molecule has 23 heavy (non-hydrogen) atoms. The predicted octanol–water partition coefficient (Wildman–Crippen LogP) is 5.67. The Morgan fingerprint density at radius 2 is 1.74 bits per heavy atom. The Kier molecular flexibility index (Phi) is 4.38. The minimum atomic E-state index is -0.0423. The van der Waals surface area contributed by atoms with Gasteiger partial charge in [-0.15, -0.1) is 13.2 Å². The molecule has 0 aromatic rings. The van der Waals surface area contributed by atoms with Gasteiger partial charge >= 0.3 is 0 Å². The zero-order valence-electron chi connectivity index (χ0n) is 15.1. The highest BCUT2D eigenvalue weighted by Gasteiger charge is 2.58. The summed E-state index contributed by atoms with van der Waals surface area (Å²) in [4.78, 5) is 0. The fraction of sp³-hybridized carbons (Fsp3) is 0.727. The fourth-order valence-electron chi connectivity index (χ4n) is 6.62. The fourth-order valence-corrected chi connectivity index (χ4v) is 6.62. The van der Waals surface area contributed by atoms with Crippen LogP contribution in [0.15, 0.2) is 37.0 Å². The van der Waals surface area contributed by atoms with Gasteiger partial charge in [-0.3, -0.25) is 0 Å². The lowest BCUT2D eigenvalue weighted by molar-refractivity contribution is -0.0727. The molecule has 0 heterocycles. The van der Waals surface area contributed by atoms with E-state index in [0.29, 0.717) is 5.41 Å². The Labute approximate surface area is 142 Å². The summed E-state index contributed by atoms with van der Waals surface area (Å²) in [6.07, 6.45) is 12.4. The van der Waals surface area contributed by atoms with Gasteiger partial charge in [0.2, 0.25) is 0 Å². The molecule has 4 aliphatic carbocycles. The first-order valence-corrected chi connectivity index (χ1v) is 9.52. The Bertz CT molecular complexity index is 518. The molecule has 0 radical (unpaired) electrons. The Morgan fingerprint density at radius 1 is 1.00 bits per heavy atom. The van der Waals surface area contributed by atoms with Crippen molar-refractivity contribution in [1.29, 1.82) is 0 Å². The molecule has 0 saturated heterocycles. The number of aliphatic hydroxyl groups is 1. The molecule has 0 aromatic carbocycles. The smallest absolute Gasteiger partial charge is 0.0596 e. The van der Waals surface area contributed by atoms with Crippen LogP contribution in [0.5, 0.6) is 0 Å². The van der Waals surface area contributed by atoms with E-state index in [-0.39, 0.29) is 11.5 Å². The van der Waals surface area contributed by atoms with E-state index in [0.717, 1.165) is 24.2 Å². The van der Waals surface area contributed by atoms with Crippen LogP contribution in [0.25, 0.3) is 0 Å². The number of hydrogen-bond acceptors (Lipinski definition) is 1. The van der Waals surface area contributed by atoms with Crippen molar-refractivity contribution in [2.75, 3.05) is 0 Å². The minimum Gasteiger partial charge on any atom is -0.393 e. The molecular weight excluding hydrogens is 280 g/mol. The SMILES string of the molecule is C=C.C=C1C=C2CCC3C(CCC4(C)C(O)CCC34)C2(C)CC1. The van der Waals surface area contributed by atoms with Crippen LogP contribution in [0.2, 0.25) is 0 Å². The zero-order valence-corrected chi connectivity index (χ0v) is 15.1. The summed E-state index contributed by atoms with van der Waals surface area (Å²) in [7, 11) is 0. The summed E-state index contributed by atoms with van der Waals surface area (Å²) in [5, 5.41) is 10.5. The molecule has 6 atom stereocenters. The number of hydrogen-bond donors (Lipinski definition) is 1. The monoisotopic (exact) mass is 314 g/mol. The molecule has 1 heteroatoms. The highest BCUT2D eigenvalue weighted by Crippen LogP contribution is 2.65. The van der Waals surface area contributed by atoms with Gasteiger partial charge in [0, 0.05) is 0 Å². The lowest BCUT2D eigenvalue weighted by atomic mass is 9.47. The maximum atomic E-state index is 10.5. The third kappa shape index (κ3) is 2.38. The van der Waals surface area contributed by atoms with Crippen molar-refractivity contribution in [2.24, 2.45) is 28.6 Å². The van der Waals surface area contributed by atoms with Crippen LogP contribution < -0.4 is 0 Å². The molecule has 1 nitrogen and oxygen atoms in total. The third-order valence-electron chi connectivity index (χ3n) is 8.03. The van der Waals surface area contributed by atoms with E-state index in [1.54, 1.807) is 5.57 Å². The van der Waals surface area contributed by atoms with Crippen molar-refractivity contribution in [3.8, 4) is 0 Å². The topological polar surface area (TPSA) is 20.2 Å². The zero-order chi connectivity index (χ0) is 16.8. The standard InChI is InChI=1S/C20H30O.C2H4/c1-13-8-10-19(2)14(12-13)4-5-15-16-6-7-18(21)20(16,3)11-9-17(15)19;1-2/h12,15-18,21H,1,4-11H2,2-3H3;1-2H2. The summed E-state index contributed by atoms with van der Waals surface area (Å²) < 4.78 is 0. The second kappa shape index (κ2) is 5.92. The number of fused-ring (bicyclic) bond motifs is 5. The summed E-state index contributed by atoms with van der Waals surface area (Å²) in [6.45, 7) is 15.1. The largest absolute Gasteiger partial charge is 0.393 e. The van der Waals surface area contributed by atoms with Gasteiger partial charge in [-0.2, -0.15) is 0 Å². The molecule has 4 rings (SSSR count). The first-order chi connectivity index (χ1) is 10.9. The highest BCUT2D eigenvalue weighted by molar-refractivity contribution is 5.33. The van der Waals surface area contributed by atoms with Crippen LogP contribution in [0.3, 0.4) is 0 Å². The average molecular weight is 315 g/mol. The number of rotatable bonds is 0. The quantitative estimate of drug-likeness (QED) is 0.571. The minimum absolute atomic E-state index is 0.0423. The first kappa shape index (κ1) is 17.0. The maximum absolute atomic E-state index is 10.5. The number of aliphatic hydroxyl groups excluding tert-OH is 1. The van der Waals surface area contributed by atoms with Crippen LogP contribution in [-0.4, -0.2) is 11.2 Å². The summed E-state index contributed by atoms with van der Waals surface area (Å²) in [6, 6.07) is 0. The lowest BCUT2D eigenvalue weighted by Crippen LogP contribution is -2.50. The van der Waals surface area contributed by atoms with Crippen molar-refractivity contribution in [3.63, 3.8) is 0 Å². The maximum Gasteiger partial charge on any atom is 0.0596 e. The molecule has 128 valence electrons. The third-order valence-corrected chi connectivity index (χ3v) is 8.03. The normalized spacial score (nSPS) is 48.3. The van der Waals surface area contributed by atoms with Gasteiger partial charge in [-0.05, 0) is 80.0 Å². The van der Waals surface area contributed by atoms with E-state index in [9.17, 15) is 5.11 Å². The summed E-state index contributed by atoms with van der Waals surface area (Å²) in [5.41, 5.74) is 3.69. The molecule has 4 aliphatic rings. The van der Waals surface area contributed by atoms with Gasteiger partial charge in [0.15, 0.2) is 0 Å². The molecule has 6 unspecified atom stereocenters. The van der Waals surface area contributed by atoms with Crippen molar-refractivity contribution >= 4 is 0 Å². The van der Waals surface area contributed by atoms with Crippen molar-refractivity contribution in [2.45, 2.75) is 71.3 Å². The molecular formula is C22H34O. The molecule has 0 aliphatic heterocycles. The lowest BCUT2D eigenvalue weighted by Gasteiger charge is -2.58. The van der Waals surface area contributed by atoms with Gasteiger partial charge in [0.25, 0.3) is 0 Å². The van der Waals surface area contributed by atoms with Crippen molar-refractivity contribution in [1.82, 2.24) is 0 Å². The first-order valence-electron chi connectivity index (χ1n) is 9.52. The van der Waals surface area contributed by atoms with Gasteiger partial charge in [-0.25, -0.2) is 0 Å². The Hall–Kier alpha value is -0.820. The molecule has 0 amide bonds. The van der Waals surface area contributed by atoms with E-state index in [1.165, 1.54) is 50.5 Å². The molecule has 3 fully saturated rings. The molecule has 0 aromatic heterocycles. The van der Waals surface area contributed by atoms with Gasteiger partial charge in [0.05, 0.1) is 6.10 Å². The van der Waals surface area contributed by atoms with Crippen LogP contribution >= 0.6 is 0 Å². The van der Waals surface area contributed by atoms with Crippen LogP contribution in [0.4, 0.5) is 0 Å². The van der Waals surface area contributed by atoms with E-state index in [1.807, 2.05) is 0 Å². The van der Waals surface area contributed by atoms with Crippen LogP contribution in [0, 0.1) is 28.6 Å². The van der Waals surface area contributed by atoms with E-state index < -0.39 is 0 Å². The summed E-state index contributed by atoms with van der Waals surface area (Å²) >= 11 is 0. The van der Waals surface area contributed by atoms with Gasteiger partial charge in [-0.1, -0.05) is 37.6 Å². The van der Waals surface area contributed by atoms with Crippen molar-refractivity contribution in [3.05, 3.63) is 37.0 Å². The average Bonchev–Trinajstić information content (AvgIpc) is 2.86. The molecule has 3 saturated carbocycles. The highest BCUT2D eigenvalue weighted by atomic mass is 16.3. The van der Waals surface area contributed by atoms with E-state index >= 15 is 0 Å². The molecule has 0 bridgehead atoms. The molecule has 1 N–H and O–H groups in total.